The molecule has 3 aliphatic rings. The van der Waals surface area contributed by atoms with Crippen LogP contribution in [0.5, 0.6) is 11.5 Å². The summed E-state index contributed by atoms with van der Waals surface area (Å²) in [4.78, 5) is 29.9. The molecule has 206 valence electrons. The maximum atomic E-state index is 13.8. The van der Waals surface area contributed by atoms with Crippen molar-refractivity contribution < 1.29 is 19.1 Å². The highest BCUT2D eigenvalue weighted by Crippen LogP contribution is 2.54. The van der Waals surface area contributed by atoms with Gasteiger partial charge >= 0.3 is 0 Å². The first-order valence-corrected chi connectivity index (χ1v) is 14.6. The third-order valence-electron chi connectivity index (χ3n) is 8.17. The number of ether oxygens (including phenoxy) is 2. The van der Waals surface area contributed by atoms with Crippen LogP contribution in [0.25, 0.3) is 0 Å². The molecule has 0 N–H and O–H groups in total. The number of allylic oxidation sites excluding steroid dienone is 4. The van der Waals surface area contributed by atoms with Gasteiger partial charge in [0.05, 0.1) is 7.11 Å². The largest absolute Gasteiger partial charge is 0.493 e. The monoisotopic (exact) mass is 591 g/mol. The van der Waals surface area contributed by atoms with E-state index in [2.05, 4.69) is 55.4 Å². The summed E-state index contributed by atoms with van der Waals surface area (Å²) in [6.45, 7) is 11.9. The second-order valence-corrected chi connectivity index (χ2v) is 13.5. The lowest BCUT2D eigenvalue weighted by atomic mass is 9.63. The Bertz CT molecular complexity index is 1330. The van der Waals surface area contributed by atoms with Gasteiger partial charge in [0.2, 0.25) is 0 Å². The van der Waals surface area contributed by atoms with Crippen LogP contribution in [0.1, 0.15) is 77.3 Å². The van der Waals surface area contributed by atoms with Crippen molar-refractivity contribution in [2.75, 3.05) is 13.7 Å². The van der Waals surface area contributed by atoms with Crippen molar-refractivity contribution in [1.82, 2.24) is 4.90 Å². The number of nitrogens with zero attached hydrogens (tertiary/aromatic N) is 1. The number of hydrogen-bond acceptors (Lipinski definition) is 5. The highest BCUT2D eigenvalue weighted by Gasteiger charge is 2.48. The quantitative estimate of drug-likeness (QED) is 0.344. The molecule has 0 radical (unpaired) electrons. The molecule has 0 bridgehead atoms. The zero-order chi connectivity index (χ0) is 28.1. The summed E-state index contributed by atoms with van der Waals surface area (Å²) in [5, 5.41) is 0. The van der Waals surface area contributed by atoms with E-state index in [1.54, 1.807) is 7.11 Å². The van der Waals surface area contributed by atoms with Crippen LogP contribution in [0.3, 0.4) is 0 Å². The minimum absolute atomic E-state index is 0.122. The van der Waals surface area contributed by atoms with E-state index in [9.17, 15) is 9.59 Å². The van der Waals surface area contributed by atoms with Crippen LogP contribution in [0.15, 0.2) is 69.5 Å². The molecule has 0 aromatic heterocycles. The average molecular weight is 593 g/mol. The molecule has 2 aromatic carbocycles. The van der Waals surface area contributed by atoms with Gasteiger partial charge in [0, 0.05) is 52.3 Å². The van der Waals surface area contributed by atoms with Crippen LogP contribution in [0.4, 0.5) is 0 Å². The van der Waals surface area contributed by atoms with E-state index in [1.807, 2.05) is 42.5 Å². The van der Waals surface area contributed by atoms with E-state index in [1.165, 1.54) is 0 Å². The van der Waals surface area contributed by atoms with Gasteiger partial charge in [0.15, 0.2) is 23.1 Å². The fourth-order valence-electron chi connectivity index (χ4n) is 6.49. The van der Waals surface area contributed by atoms with Crippen LogP contribution in [-0.4, -0.2) is 30.1 Å². The second kappa shape index (κ2) is 10.3. The summed E-state index contributed by atoms with van der Waals surface area (Å²) in [5.74, 6) is 1.12. The zero-order valence-corrected chi connectivity index (χ0v) is 25.4. The molecule has 1 aliphatic heterocycles. The van der Waals surface area contributed by atoms with E-state index in [0.29, 0.717) is 30.9 Å². The molecule has 5 rings (SSSR count). The molecule has 39 heavy (non-hydrogen) atoms. The number of Topliss-reactive ketones (excluding diaryl/α,β-unsaturated/α-hetero) is 2. The number of ketones is 2. The molecule has 0 amide bonds. The van der Waals surface area contributed by atoms with Gasteiger partial charge in [-0.1, -0.05) is 61.8 Å². The van der Waals surface area contributed by atoms with Crippen molar-refractivity contribution >= 4 is 27.5 Å². The Labute approximate surface area is 240 Å². The molecule has 1 heterocycles. The number of benzene rings is 2. The summed E-state index contributed by atoms with van der Waals surface area (Å²) < 4.78 is 12.9. The number of carbonyl (C=O) groups excluding carboxylic acids is 2. The summed E-state index contributed by atoms with van der Waals surface area (Å²) in [6.07, 6.45) is 2.59. The Balaban J connectivity index is 1.60. The third kappa shape index (κ3) is 5.32. The van der Waals surface area contributed by atoms with Crippen LogP contribution in [0.2, 0.25) is 0 Å². The predicted molar refractivity (Wildman–Crippen MR) is 157 cm³/mol. The normalized spacial score (nSPS) is 20.6. The fraction of sp³-hybridized carbons (Fsp3) is 0.455. The standard InChI is InChI=1S/C33H38BrNO4/c1-7-35-23-15-32(2,3)17-25(36)30(23)29(31-24(35)16-33(4,5)18-26(31)37)21-10-13-27(28(14-21)38-6)39-19-20-8-11-22(34)12-9-20/h8-14,29H,7,15-19H2,1-6H3. The molecular weight excluding hydrogens is 554 g/mol. The molecule has 0 atom stereocenters. The lowest BCUT2D eigenvalue weighted by Gasteiger charge is -2.48. The first kappa shape index (κ1) is 27.7. The van der Waals surface area contributed by atoms with E-state index in [-0.39, 0.29) is 28.3 Å². The predicted octanol–water partition coefficient (Wildman–Crippen LogP) is 7.74. The molecule has 0 saturated heterocycles. The number of halogens is 1. The van der Waals surface area contributed by atoms with E-state index >= 15 is 0 Å². The lowest BCUT2D eigenvalue weighted by Crippen LogP contribution is -2.44. The SMILES string of the molecule is CCN1C2=C(C(=O)CC(C)(C)C2)C(c2ccc(OCc3ccc(Br)cc3)c(OC)c2)C2=C1CC(C)(C)CC2=O. The van der Waals surface area contributed by atoms with Crippen molar-refractivity contribution in [3.05, 3.63) is 80.6 Å². The van der Waals surface area contributed by atoms with Crippen LogP contribution >= 0.6 is 15.9 Å². The number of hydrogen-bond donors (Lipinski definition) is 0. The maximum absolute atomic E-state index is 13.8. The van der Waals surface area contributed by atoms with Gasteiger partial charge in [0.1, 0.15) is 6.61 Å². The molecule has 0 fully saturated rings. The molecule has 2 aliphatic carbocycles. The van der Waals surface area contributed by atoms with Gasteiger partial charge in [-0.25, -0.2) is 0 Å². The van der Waals surface area contributed by atoms with Crippen molar-refractivity contribution in [2.24, 2.45) is 10.8 Å². The first-order chi connectivity index (χ1) is 18.4. The Morgan fingerprint density at radius 3 is 1.92 bits per heavy atom. The van der Waals surface area contributed by atoms with Gasteiger partial charge in [-0.3, -0.25) is 9.59 Å². The van der Waals surface area contributed by atoms with Crippen molar-refractivity contribution in [3.8, 4) is 11.5 Å². The first-order valence-electron chi connectivity index (χ1n) is 13.8. The Kier molecular flexibility index (Phi) is 7.30. The van der Waals surface area contributed by atoms with Crippen LogP contribution in [0, 0.1) is 10.8 Å². The Morgan fingerprint density at radius 1 is 0.846 bits per heavy atom. The molecule has 0 spiro atoms. The Morgan fingerprint density at radius 2 is 1.41 bits per heavy atom. The van der Waals surface area contributed by atoms with Crippen LogP contribution < -0.4 is 9.47 Å². The summed E-state index contributed by atoms with van der Waals surface area (Å²) in [6, 6.07) is 13.9. The number of rotatable bonds is 6. The molecule has 0 unspecified atom stereocenters. The van der Waals surface area contributed by atoms with Gasteiger partial charge in [-0.15, -0.1) is 0 Å². The van der Waals surface area contributed by atoms with Gasteiger partial charge in [-0.05, 0) is 66.0 Å². The van der Waals surface area contributed by atoms with Crippen molar-refractivity contribution in [3.63, 3.8) is 0 Å². The lowest BCUT2D eigenvalue weighted by molar-refractivity contribution is -0.119. The van der Waals surface area contributed by atoms with Crippen LogP contribution in [-0.2, 0) is 16.2 Å². The summed E-state index contributed by atoms with van der Waals surface area (Å²) in [5.41, 5.74) is 5.45. The Hall–Kier alpha value is -2.86. The smallest absolute Gasteiger partial charge is 0.162 e. The van der Waals surface area contributed by atoms with E-state index in [0.717, 1.165) is 57.5 Å². The van der Waals surface area contributed by atoms with Crippen molar-refractivity contribution in [2.45, 2.75) is 72.8 Å². The van der Waals surface area contributed by atoms with E-state index < -0.39 is 0 Å². The molecular formula is C33H38BrNO4. The highest BCUT2D eigenvalue weighted by atomic mass is 79.9. The van der Waals surface area contributed by atoms with E-state index in [4.69, 9.17) is 9.47 Å². The zero-order valence-electron chi connectivity index (χ0n) is 23.8. The summed E-state index contributed by atoms with van der Waals surface area (Å²) in [7, 11) is 1.63. The minimum atomic E-state index is -0.389. The molecule has 2 aromatic rings. The summed E-state index contributed by atoms with van der Waals surface area (Å²) >= 11 is 3.47. The minimum Gasteiger partial charge on any atom is -0.493 e. The topological polar surface area (TPSA) is 55.8 Å². The highest BCUT2D eigenvalue weighted by molar-refractivity contribution is 9.10. The van der Waals surface area contributed by atoms with Gasteiger partial charge in [0.25, 0.3) is 0 Å². The number of carbonyl (C=O) groups is 2. The average Bonchev–Trinajstić information content (AvgIpc) is 2.85. The fourth-order valence-corrected chi connectivity index (χ4v) is 6.75. The van der Waals surface area contributed by atoms with Gasteiger partial charge < -0.3 is 14.4 Å². The third-order valence-corrected chi connectivity index (χ3v) is 8.70. The molecule has 0 saturated carbocycles. The van der Waals surface area contributed by atoms with Crippen molar-refractivity contribution in [1.29, 1.82) is 0 Å². The van der Waals surface area contributed by atoms with Gasteiger partial charge in [-0.2, -0.15) is 0 Å². The molecule has 5 nitrogen and oxygen atoms in total. The second-order valence-electron chi connectivity index (χ2n) is 12.6. The maximum Gasteiger partial charge on any atom is 0.162 e. The molecule has 6 heteroatoms. The number of methoxy groups -OCH3 is 1.